The number of aromatic amines is 1. The molecule has 8 rings (SSSR count). The van der Waals surface area contributed by atoms with E-state index in [1.54, 1.807) is 0 Å². The lowest BCUT2D eigenvalue weighted by molar-refractivity contribution is -0.0722. The molecule has 2 atom stereocenters. The van der Waals surface area contributed by atoms with Crippen LogP contribution in [0.4, 0.5) is 4.39 Å². The van der Waals surface area contributed by atoms with Crippen LogP contribution in [0.5, 0.6) is 11.5 Å². The SMILES string of the molecule is Cc1ccc([C@@]2(C)Oc3cccc(C4CCN(Cc5nc6c(F)cc(-c7noc(=O)[nH]7)cc6n5[C@@H]5COCC5(C)C)CC4)c3O2)nc1. The zero-order valence-corrected chi connectivity index (χ0v) is 26.9. The Morgan fingerprint density at radius 2 is 1.91 bits per heavy atom. The Labute approximate surface area is 270 Å². The number of rotatable bonds is 6. The van der Waals surface area contributed by atoms with Gasteiger partial charge in [0, 0.05) is 29.7 Å². The molecule has 1 N–H and O–H groups in total. The highest BCUT2D eigenvalue weighted by Gasteiger charge is 2.43. The van der Waals surface area contributed by atoms with E-state index >= 15 is 4.39 Å². The van der Waals surface area contributed by atoms with Gasteiger partial charge in [-0.25, -0.2) is 14.2 Å². The van der Waals surface area contributed by atoms with E-state index in [2.05, 4.69) is 49.0 Å². The van der Waals surface area contributed by atoms with E-state index in [9.17, 15) is 4.79 Å². The second-order valence-electron chi connectivity index (χ2n) is 13.8. The molecule has 2 fully saturated rings. The van der Waals surface area contributed by atoms with Crippen molar-refractivity contribution in [2.75, 3.05) is 26.3 Å². The number of hydrogen-bond acceptors (Lipinski definition) is 9. The van der Waals surface area contributed by atoms with Crippen molar-refractivity contribution in [3.8, 4) is 22.9 Å². The molecule has 5 aromatic rings. The minimum Gasteiger partial charge on any atom is -0.443 e. The van der Waals surface area contributed by atoms with Crippen LogP contribution in [0.3, 0.4) is 0 Å². The third-order valence-corrected chi connectivity index (χ3v) is 9.88. The number of H-pyrrole nitrogens is 1. The molecule has 12 heteroatoms. The number of likely N-dealkylation sites (tertiary alicyclic amines) is 1. The van der Waals surface area contributed by atoms with Gasteiger partial charge in [0.25, 0.3) is 5.79 Å². The summed E-state index contributed by atoms with van der Waals surface area (Å²) in [5, 5.41) is 3.78. The van der Waals surface area contributed by atoms with Gasteiger partial charge in [-0.1, -0.05) is 37.2 Å². The fourth-order valence-electron chi connectivity index (χ4n) is 7.24. The molecule has 11 nitrogen and oxygen atoms in total. The van der Waals surface area contributed by atoms with Gasteiger partial charge in [0.1, 0.15) is 17.0 Å². The van der Waals surface area contributed by atoms with Crippen LogP contribution in [0.15, 0.2) is 58.0 Å². The third kappa shape index (κ3) is 5.19. The number of pyridine rings is 1. The molecule has 0 saturated carbocycles. The third-order valence-electron chi connectivity index (χ3n) is 9.88. The summed E-state index contributed by atoms with van der Waals surface area (Å²) in [6.07, 6.45) is 3.68. The van der Waals surface area contributed by atoms with Gasteiger partial charge >= 0.3 is 5.76 Å². The summed E-state index contributed by atoms with van der Waals surface area (Å²) < 4.78 is 41.2. The van der Waals surface area contributed by atoms with Crippen LogP contribution in [0.1, 0.15) is 68.2 Å². The molecular formula is C35H37FN6O5. The van der Waals surface area contributed by atoms with E-state index < -0.39 is 17.4 Å². The number of para-hydroxylation sites is 1. The van der Waals surface area contributed by atoms with E-state index in [0.717, 1.165) is 60.1 Å². The Morgan fingerprint density at radius 3 is 2.62 bits per heavy atom. The molecule has 2 saturated heterocycles. The fraction of sp³-hybridized carbons (Fsp3) is 0.429. The molecule has 47 heavy (non-hydrogen) atoms. The minimum absolute atomic E-state index is 0.0487. The van der Waals surface area contributed by atoms with E-state index in [1.807, 2.05) is 50.4 Å². The Hall–Kier alpha value is -4.55. The average Bonchev–Trinajstić information content (AvgIpc) is 3.81. The Bertz CT molecular complexity index is 2030. The number of hydrogen-bond donors (Lipinski definition) is 1. The summed E-state index contributed by atoms with van der Waals surface area (Å²) in [6, 6.07) is 13.2. The predicted molar refractivity (Wildman–Crippen MR) is 171 cm³/mol. The molecule has 0 aliphatic carbocycles. The second-order valence-corrected chi connectivity index (χ2v) is 13.8. The molecule has 244 valence electrons. The van der Waals surface area contributed by atoms with Gasteiger partial charge in [-0.3, -0.25) is 19.4 Å². The Morgan fingerprint density at radius 1 is 1.09 bits per heavy atom. The summed E-state index contributed by atoms with van der Waals surface area (Å²) in [6.45, 7) is 11.6. The van der Waals surface area contributed by atoms with Crippen molar-refractivity contribution in [2.45, 2.75) is 64.8 Å². The number of fused-ring (bicyclic) bond motifs is 2. The van der Waals surface area contributed by atoms with Crippen LogP contribution < -0.4 is 15.2 Å². The summed E-state index contributed by atoms with van der Waals surface area (Å²) in [5.74, 6) is 0.620. The van der Waals surface area contributed by atoms with Crippen molar-refractivity contribution in [2.24, 2.45) is 5.41 Å². The highest BCUT2D eigenvalue weighted by atomic mass is 19.1. The molecule has 0 amide bonds. The van der Waals surface area contributed by atoms with Gasteiger partial charge in [-0.05, 0) is 68.6 Å². The quantitative estimate of drug-likeness (QED) is 0.244. The van der Waals surface area contributed by atoms with Crippen LogP contribution in [0, 0.1) is 18.2 Å². The van der Waals surface area contributed by atoms with Gasteiger partial charge in [0.2, 0.25) is 0 Å². The maximum atomic E-state index is 15.6. The number of ether oxygens (including phenoxy) is 3. The fourth-order valence-corrected chi connectivity index (χ4v) is 7.24. The zero-order valence-electron chi connectivity index (χ0n) is 26.9. The molecule has 3 aromatic heterocycles. The van der Waals surface area contributed by atoms with Crippen molar-refractivity contribution < 1.29 is 23.1 Å². The largest absolute Gasteiger partial charge is 0.443 e. The van der Waals surface area contributed by atoms with Crippen molar-refractivity contribution in [3.63, 3.8) is 0 Å². The number of nitrogens with one attached hydrogen (secondary N) is 1. The second kappa shape index (κ2) is 11.0. The molecule has 0 bridgehead atoms. The van der Waals surface area contributed by atoms with E-state index in [1.165, 1.54) is 6.07 Å². The van der Waals surface area contributed by atoms with Gasteiger partial charge < -0.3 is 18.8 Å². The van der Waals surface area contributed by atoms with Crippen LogP contribution in [-0.2, 0) is 17.1 Å². The number of nitrogens with zero attached hydrogens (tertiary/aromatic N) is 5. The maximum absolute atomic E-state index is 15.6. The normalized spacial score (nSPS) is 22.8. The molecule has 3 aliphatic heterocycles. The number of aromatic nitrogens is 5. The van der Waals surface area contributed by atoms with Crippen molar-refractivity contribution >= 4 is 11.0 Å². The standard InChI is InChI=1S/C35H37FN6O5/c1-20-8-9-27(37-16-20)35(4)45-26-7-5-6-23(31(26)46-35)21-10-12-41(13-11-21)17-29-38-30-24(36)14-22(32-39-33(43)47-40-32)15-25(30)42(29)28-18-44-19-34(28,2)3/h5-9,14-16,21,28H,10-13,17-19H2,1-4H3,(H,39,40,43)/t28-,35+/m1/s1. The maximum Gasteiger partial charge on any atom is 0.439 e. The number of aryl methyl sites for hydroxylation is 1. The van der Waals surface area contributed by atoms with Gasteiger partial charge in [0.05, 0.1) is 31.3 Å². The van der Waals surface area contributed by atoms with Crippen LogP contribution in [0.2, 0.25) is 0 Å². The average molecular weight is 641 g/mol. The lowest BCUT2D eigenvalue weighted by Gasteiger charge is -2.33. The monoisotopic (exact) mass is 640 g/mol. The summed E-state index contributed by atoms with van der Waals surface area (Å²) >= 11 is 0. The van der Waals surface area contributed by atoms with Crippen molar-refractivity contribution in [3.05, 3.63) is 87.7 Å². The van der Waals surface area contributed by atoms with Crippen molar-refractivity contribution in [1.82, 2.24) is 29.6 Å². The van der Waals surface area contributed by atoms with Crippen LogP contribution in [0.25, 0.3) is 22.4 Å². The number of imidazole rings is 1. The zero-order chi connectivity index (χ0) is 32.5. The molecule has 0 radical (unpaired) electrons. The van der Waals surface area contributed by atoms with E-state index in [0.29, 0.717) is 36.8 Å². The van der Waals surface area contributed by atoms with Gasteiger partial charge in [-0.15, -0.1) is 0 Å². The summed E-state index contributed by atoms with van der Waals surface area (Å²) in [4.78, 5) is 26.0. The predicted octanol–water partition coefficient (Wildman–Crippen LogP) is 5.84. The number of piperidine rings is 1. The molecule has 0 unspecified atom stereocenters. The first kappa shape index (κ1) is 29.8. The highest BCUT2D eigenvalue weighted by Crippen LogP contribution is 2.49. The lowest BCUT2D eigenvalue weighted by atomic mass is 9.87. The van der Waals surface area contributed by atoms with Crippen LogP contribution in [-0.4, -0.2) is 55.9 Å². The first-order valence-electron chi connectivity index (χ1n) is 16.1. The van der Waals surface area contributed by atoms with Gasteiger partial charge in [0.15, 0.2) is 23.1 Å². The molecular weight excluding hydrogens is 603 g/mol. The van der Waals surface area contributed by atoms with E-state index in [4.69, 9.17) is 19.2 Å². The van der Waals surface area contributed by atoms with Crippen molar-refractivity contribution in [1.29, 1.82) is 0 Å². The summed E-state index contributed by atoms with van der Waals surface area (Å²) in [5.41, 5.74) is 4.11. The molecule has 2 aromatic carbocycles. The molecule has 6 heterocycles. The topological polar surface area (TPSA) is 121 Å². The Kier molecular flexibility index (Phi) is 6.99. The first-order valence-corrected chi connectivity index (χ1v) is 16.1. The number of halogens is 1. The first-order chi connectivity index (χ1) is 22.6. The minimum atomic E-state index is -0.984. The summed E-state index contributed by atoms with van der Waals surface area (Å²) in [7, 11) is 0. The molecule has 0 spiro atoms. The van der Waals surface area contributed by atoms with Gasteiger partial charge in [-0.2, -0.15) is 0 Å². The lowest BCUT2D eigenvalue weighted by Crippen LogP contribution is -2.35. The highest BCUT2D eigenvalue weighted by molar-refractivity contribution is 5.82. The Balaban J connectivity index is 1.05. The number of benzene rings is 2. The molecule has 3 aliphatic rings. The van der Waals surface area contributed by atoms with E-state index in [-0.39, 0.29) is 22.8 Å². The van der Waals surface area contributed by atoms with Crippen LogP contribution >= 0.6 is 0 Å². The smallest absolute Gasteiger partial charge is 0.439 e.